The molecule has 5 heteroatoms. The van der Waals surface area contributed by atoms with Crippen LogP contribution in [0.2, 0.25) is 0 Å². The Morgan fingerprint density at radius 1 is 1.90 bits per heavy atom. The summed E-state index contributed by atoms with van der Waals surface area (Å²) in [5.41, 5.74) is -2.04. The Balaban J connectivity index is 2.79. The van der Waals surface area contributed by atoms with Gasteiger partial charge in [0, 0.05) is 0 Å². The summed E-state index contributed by atoms with van der Waals surface area (Å²) >= 11 is 0. The van der Waals surface area contributed by atoms with E-state index in [0.29, 0.717) is 0 Å². The second kappa shape index (κ2) is 2.06. The van der Waals surface area contributed by atoms with E-state index >= 15 is 0 Å². The smallest absolute Gasteiger partial charge is 0.324 e. The molecule has 0 bridgehead atoms. The third-order valence-corrected chi connectivity index (χ3v) is 2.64. The maximum atomic E-state index is 12.8. The second-order valence-electron chi connectivity index (χ2n) is 2.18. The third-order valence-electron chi connectivity index (χ3n) is 1.20. The first-order chi connectivity index (χ1) is 4.47. The number of hydrogen-bond acceptors (Lipinski definition) is 2. The van der Waals surface area contributed by atoms with E-state index in [9.17, 15) is 8.96 Å². The first kappa shape index (κ1) is 7.74. The zero-order valence-corrected chi connectivity index (χ0v) is 5.97. The molecule has 1 aliphatic heterocycles. The first-order valence-electron chi connectivity index (χ1n) is 2.60. The quantitative estimate of drug-likeness (QED) is 0.420. The van der Waals surface area contributed by atoms with Gasteiger partial charge in [-0.25, -0.2) is 4.39 Å². The summed E-state index contributed by atoms with van der Waals surface area (Å²) < 4.78 is 27.7. The van der Waals surface area contributed by atoms with Gasteiger partial charge in [0.25, 0.3) is 0 Å². The van der Waals surface area contributed by atoms with Gasteiger partial charge in [-0.2, -0.15) is 0 Å². The molecule has 0 aliphatic carbocycles. The summed E-state index contributed by atoms with van der Waals surface area (Å²) in [6, 6.07) is 0. The summed E-state index contributed by atoms with van der Waals surface area (Å²) in [5, 5.41) is 0. The minimum absolute atomic E-state index is 0.475. The van der Waals surface area contributed by atoms with Crippen LogP contribution in [0.15, 0.2) is 0 Å². The number of hydrogen-bond donors (Lipinski definition) is 1. The normalized spacial score (nSPS) is 46.9. The molecule has 1 fully saturated rings. The fourth-order valence-corrected chi connectivity index (χ4v) is 2.01. The predicted molar refractivity (Wildman–Crippen MR) is 33.3 cm³/mol. The Kier molecular flexibility index (Phi) is 1.60. The fraction of sp³-hybridized carbons (Fsp3) is 0.600. The summed E-state index contributed by atoms with van der Waals surface area (Å²) in [6.45, 7) is -0.475. The minimum atomic E-state index is -3.70. The molecular weight excluding hydrogens is 158 g/mol. The summed E-state index contributed by atoms with van der Waals surface area (Å²) in [4.78, 5) is 8.66. The van der Waals surface area contributed by atoms with Gasteiger partial charge in [-0.3, -0.25) is 4.57 Å². The van der Waals surface area contributed by atoms with Crippen molar-refractivity contribution < 1.29 is 18.4 Å². The molecule has 1 aliphatic rings. The van der Waals surface area contributed by atoms with Gasteiger partial charge in [0.1, 0.15) is 6.61 Å². The summed E-state index contributed by atoms with van der Waals surface area (Å²) in [7, 11) is -3.70. The lowest BCUT2D eigenvalue weighted by molar-refractivity contribution is 0.193. The van der Waals surface area contributed by atoms with E-state index in [4.69, 9.17) is 11.3 Å². The standard InChI is InChI=1S/C5H6FO3P/c1-2-5(6)3-9-10(7,8)4-5/h1H,3-4H2,(H,7,8). The van der Waals surface area contributed by atoms with E-state index in [-0.39, 0.29) is 0 Å². The monoisotopic (exact) mass is 164 g/mol. The molecule has 1 N–H and O–H groups in total. The molecular formula is C5H6FO3P. The molecule has 1 heterocycles. The van der Waals surface area contributed by atoms with Crippen molar-refractivity contribution >= 4 is 7.60 Å². The summed E-state index contributed by atoms with van der Waals surface area (Å²) in [6.07, 6.45) is 4.17. The van der Waals surface area contributed by atoms with E-state index in [1.165, 1.54) is 0 Å². The molecule has 0 aromatic carbocycles. The van der Waals surface area contributed by atoms with Crippen LogP contribution in [0.4, 0.5) is 4.39 Å². The number of terminal acetylenes is 1. The average molecular weight is 164 g/mol. The molecule has 1 saturated heterocycles. The maximum absolute atomic E-state index is 12.8. The van der Waals surface area contributed by atoms with Crippen molar-refractivity contribution in [3.8, 4) is 12.3 Å². The van der Waals surface area contributed by atoms with Gasteiger partial charge in [-0.1, -0.05) is 5.92 Å². The Labute approximate surface area is 57.7 Å². The molecule has 10 heavy (non-hydrogen) atoms. The van der Waals surface area contributed by atoms with Crippen LogP contribution < -0.4 is 0 Å². The van der Waals surface area contributed by atoms with Gasteiger partial charge in [0.15, 0.2) is 0 Å². The van der Waals surface area contributed by atoms with Crippen LogP contribution in [0.25, 0.3) is 0 Å². The van der Waals surface area contributed by atoms with Gasteiger partial charge in [-0.05, 0) is 0 Å². The van der Waals surface area contributed by atoms with Gasteiger partial charge < -0.3 is 9.42 Å². The highest BCUT2D eigenvalue weighted by molar-refractivity contribution is 7.53. The van der Waals surface area contributed by atoms with Crippen LogP contribution in [0.5, 0.6) is 0 Å². The Morgan fingerprint density at radius 2 is 2.50 bits per heavy atom. The minimum Gasteiger partial charge on any atom is -0.324 e. The van der Waals surface area contributed by atoms with Gasteiger partial charge in [-0.15, -0.1) is 6.42 Å². The van der Waals surface area contributed by atoms with Crippen LogP contribution in [0, 0.1) is 12.3 Å². The highest BCUT2D eigenvalue weighted by Crippen LogP contribution is 2.51. The highest BCUT2D eigenvalue weighted by Gasteiger charge is 2.45. The van der Waals surface area contributed by atoms with Crippen LogP contribution in [-0.4, -0.2) is 23.3 Å². The van der Waals surface area contributed by atoms with Crippen molar-refractivity contribution in [3.63, 3.8) is 0 Å². The number of halogens is 1. The molecule has 0 radical (unpaired) electrons. The van der Waals surface area contributed by atoms with Gasteiger partial charge >= 0.3 is 7.60 Å². The molecule has 3 nitrogen and oxygen atoms in total. The van der Waals surface area contributed by atoms with Gasteiger partial charge in [0.05, 0.1) is 6.16 Å². The molecule has 0 amide bonds. The molecule has 56 valence electrons. The Bertz CT molecular complexity index is 234. The zero-order valence-electron chi connectivity index (χ0n) is 5.08. The lowest BCUT2D eigenvalue weighted by Crippen LogP contribution is -2.23. The van der Waals surface area contributed by atoms with E-state index in [1.54, 1.807) is 5.92 Å². The van der Waals surface area contributed by atoms with Crippen LogP contribution >= 0.6 is 7.60 Å². The van der Waals surface area contributed by atoms with Crippen LogP contribution in [0.1, 0.15) is 0 Å². The topological polar surface area (TPSA) is 46.5 Å². The van der Waals surface area contributed by atoms with Crippen molar-refractivity contribution in [1.29, 1.82) is 0 Å². The predicted octanol–water partition coefficient (Wildman–Crippen LogP) is 0.543. The largest absolute Gasteiger partial charge is 0.332 e. The third kappa shape index (κ3) is 1.38. The highest BCUT2D eigenvalue weighted by atomic mass is 31.2. The average Bonchev–Trinajstić information content (AvgIpc) is 2.08. The number of alkyl halides is 1. The lowest BCUT2D eigenvalue weighted by atomic mass is 10.2. The van der Waals surface area contributed by atoms with E-state index in [2.05, 4.69) is 4.52 Å². The Morgan fingerprint density at radius 3 is 2.70 bits per heavy atom. The van der Waals surface area contributed by atoms with Crippen LogP contribution in [0.3, 0.4) is 0 Å². The van der Waals surface area contributed by atoms with Crippen molar-refractivity contribution in [3.05, 3.63) is 0 Å². The Hall–Kier alpha value is -0.360. The van der Waals surface area contributed by atoms with Crippen molar-refractivity contribution in [2.24, 2.45) is 0 Å². The summed E-state index contributed by atoms with van der Waals surface area (Å²) in [5.74, 6) is 1.77. The van der Waals surface area contributed by atoms with Crippen molar-refractivity contribution in [2.45, 2.75) is 5.67 Å². The molecule has 2 atom stereocenters. The lowest BCUT2D eigenvalue weighted by Gasteiger charge is -2.04. The van der Waals surface area contributed by atoms with Crippen molar-refractivity contribution in [2.75, 3.05) is 12.8 Å². The molecule has 2 unspecified atom stereocenters. The maximum Gasteiger partial charge on any atom is 0.332 e. The molecule has 0 aromatic heterocycles. The van der Waals surface area contributed by atoms with E-state index in [1.807, 2.05) is 0 Å². The molecule has 0 aromatic rings. The molecule has 1 rings (SSSR count). The van der Waals surface area contributed by atoms with Crippen LogP contribution in [-0.2, 0) is 9.09 Å². The first-order valence-corrected chi connectivity index (χ1v) is 4.37. The van der Waals surface area contributed by atoms with Gasteiger partial charge in [0.2, 0.25) is 5.67 Å². The zero-order chi connectivity index (χ0) is 7.83. The second-order valence-corrected chi connectivity index (χ2v) is 4.03. The SMILES string of the molecule is C#CC1(F)COP(=O)(O)C1. The van der Waals surface area contributed by atoms with E-state index < -0.39 is 26.0 Å². The number of rotatable bonds is 0. The molecule has 0 saturated carbocycles. The fourth-order valence-electron chi connectivity index (χ4n) is 0.698. The van der Waals surface area contributed by atoms with E-state index in [0.717, 1.165) is 0 Å². The molecule has 0 spiro atoms. The van der Waals surface area contributed by atoms with Crippen molar-refractivity contribution in [1.82, 2.24) is 0 Å².